The number of esters is 1. The first-order valence-corrected chi connectivity index (χ1v) is 10.1. The molecule has 6 nitrogen and oxygen atoms in total. The van der Waals surface area contributed by atoms with Gasteiger partial charge in [0.1, 0.15) is 5.41 Å². The van der Waals surface area contributed by atoms with Crippen LogP contribution in [-0.4, -0.2) is 36.8 Å². The number of carbonyl (C=O) groups is 1. The maximum absolute atomic E-state index is 13.1. The van der Waals surface area contributed by atoms with Crippen LogP contribution in [0.25, 0.3) is 10.9 Å². The zero-order chi connectivity index (χ0) is 19.7. The van der Waals surface area contributed by atoms with Crippen LogP contribution in [0.3, 0.4) is 0 Å². The summed E-state index contributed by atoms with van der Waals surface area (Å²) in [5.41, 5.74) is 1.42. The highest BCUT2D eigenvalue weighted by molar-refractivity contribution is 7.85. The van der Waals surface area contributed by atoms with Crippen molar-refractivity contribution < 1.29 is 22.5 Å². The number of methoxy groups -OCH3 is 1. The van der Waals surface area contributed by atoms with Gasteiger partial charge in [0.15, 0.2) is 0 Å². The number of ether oxygens (including phenoxy) is 1. The number of hydrogen-bond donors (Lipinski definition) is 2. The van der Waals surface area contributed by atoms with E-state index in [4.69, 9.17) is 4.74 Å². The van der Waals surface area contributed by atoms with Gasteiger partial charge in [0, 0.05) is 16.6 Å². The van der Waals surface area contributed by atoms with E-state index in [-0.39, 0.29) is 6.42 Å². The minimum absolute atomic E-state index is 0.157. The minimum atomic E-state index is -4.28. The maximum atomic E-state index is 13.1. The fraction of sp³-hybridized carbons (Fsp3) is 0.250. The summed E-state index contributed by atoms with van der Waals surface area (Å²) in [6, 6.07) is 16.5. The Kier molecular flexibility index (Phi) is 5.08. The van der Waals surface area contributed by atoms with Gasteiger partial charge in [-0.2, -0.15) is 8.42 Å². The molecule has 0 amide bonds. The summed E-state index contributed by atoms with van der Waals surface area (Å²) in [5.74, 6) is -1.17. The van der Waals surface area contributed by atoms with Crippen LogP contribution < -0.4 is 0 Å². The highest BCUT2D eigenvalue weighted by Crippen LogP contribution is 2.40. The van der Waals surface area contributed by atoms with Gasteiger partial charge >= 0.3 is 5.97 Å². The van der Waals surface area contributed by atoms with Crippen molar-refractivity contribution >= 4 is 27.0 Å². The van der Waals surface area contributed by atoms with E-state index in [1.54, 1.807) is 24.3 Å². The van der Waals surface area contributed by atoms with Crippen LogP contribution in [-0.2, 0) is 25.1 Å². The number of H-pyrrole nitrogens is 1. The van der Waals surface area contributed by atoms with Crippen molar-refractivity contribution in [3.8, 4) is 0 Å². The number of hydrogen-bond acceptors (Lipinski definition) is 4. The lowest BCUT2D eigenvalue weighted by Gasteiger charge is -2.31. The molecule has 1 unspecified atom stereocenters. The summed E-state index contributed by atoms with van der Waals surface area (Å²) >= 11 is 0. The largest absolute Gasteiger partial charge is 0.468 e. The summed E-state index contributed by atoms with van der Waals surface area (Å²) in [6.07, 6.45) is -0.157. The average molecular weight is 387 g/mol. The molecular formula is C20H21NO5S. The molecule has 0 aliphatic carbocycles. The summed E-state index contributed by atoms with van der Waals surface area (Å²) in [7, 11) is -3.01. The summed E-state index contributed by atoms with van der Waals surface area (Å²) in [5, 5.41) is 0.934. The third kappa shape index (κ3) is 3.48. The number of carbonyl (C=O) groups excluding carboxylic acids is 1. The van der Waals surface area contributed by atoms with Gasteiger partial charge in [-0.3, -0.25) is 9.35 Å². The van der Waals surface area contributed by atoms with E-state index in [2.05, 4.69) is 4.98 Å². The number of aromatic nitrogens is 1. The predicted molar refractivity (Wildman–Crippen MR) is 103 cm³/mol. The predicted octanol–water partition coefficient (Wildman–Crippen LogP) is 3.21. The molecule has 3 rings (SSSR count). The van der Waals surface area contributed by atoms with Gasteiger partial charge in [0.25, 0.3) is 10.1 Å². The van der Waals surface area contributed by atoms with Crippen molar-refractivity contribution in [1.82, 2.24) is 4.98 Å². The molecule has 1 heterocycles. The first-order valence-electron chi connectivity index (χ1n) is 8.46. The lowest BCUT2D eigenvalue weighted by atomic mass is 9.74. The van der Waals surface area contributed by atoms with Crippen molar-refractivity contribution in [1.29, 1.82) is 0 Å². The molecule has 2 aromatic carbocycles. The Morgan fingerprint density at radius 2 is 1.74 bits per heavy atom. The maximum Gasteiger partial charge on any atom is 0.322 e. The molecule has 1 atom stereocenters. The molecule has 0 spiro atoms. The quantitative estimate of drug-likeness (QED) is 0.500. The Morgan fingerprint density at radius 3 is 2.33 bits per heavy atom. The number of para-hydroxylation sites is 1. The fourth-order valence-electron chi connectivity index (χ4n) is 3.62. The highest BCUT2D eigenvalue weighted by atomic mass is 32.2. The smallest absolute Gasteiger partial charge is 0.322 e. The van der Waals surface area contributed by atoms with E-state index in [1.165, 1.54) is 7.11 Å². The van der Waals surface area contributed by atoms with Gasteiger partial charge in [-0.25, -0.2) is 0 Å². The van der Waals surface area contributed by atoms with Crippen LogP contribution in [0.5, 0.6) is 0 Å². The summed E-state index contributed by atoms with van der Waals surface area (Å²) in [6.45, 7) is 1.88. The van der Waals surface area contributed by atoms with Crippen LogP contribution >= 0.6 is 0 Å². The monoisotopic (exact) mass is 387 g/mol. The Bertz CT molecular complexity index is 1070. The fourth-order valence-corrected chi connectivity index (χ4v) is 4.19. The number of aromatic amines is 1. The zero-order valence-electron chi connectivity index (χ0n) is 15.1. The molecule has 0 fully saturated rings. The Balaban J connectivity index is 2.33. The molecule has 2 N–H and O–H groups in total. The van der Waals surface area contributed by atoms with Crippen LogP contribution in [0.15, 0.2) is 54.6 Å². The summed E-state index contributed by atoms with van der Waals surface area (Å²) in [4.78, 5) is 16.3. The molecular weight excluding hydrogens is 366 g/mol. The molecule has 7 heteroatoms. The van der Waals surface area contributed by atoms with Crippen molar-refractivity contribution in [3.05, 3.63) is 71.4 Å². The van der Waals surface area contributed by atoms with Crippen molar-refractivity contribution in [2.45, 2.75) is 18.8 Å². The van der Waals surface area contributed by atoms with Gasteiger partial charge in [-0.05, 0) is 30.5 Å². The molecule has 0 saturated heterocycles. The van der Waals surface area contributed by atoms with E-state index < -0.39 is 27.3 Å². The number of fused-ring (bicyclic) bond motifs is 1. The third-order valence-electron chi connectivity index (χ3n) is 4.93. The minimum Gasteiger partial charge on any atom is -0.468 e. The number of rotatable bonds is 6. The third-order valence-corrected chi connectivity index (χ3v) is 5.65. The molecule has 3 aromatic rings. The van der Waals surface area contributed by atoms with Crippen LogP contribution in [0, 0.1) is 6.92 Å². The Hall–Kier alpha value is -2.64. The molecule has 0 aliphatic heterocycles. The number of aryl methyl sites for hydroxylation is 1. The molecule has 0 saturated carbocycles. The highest BCUT2D eigenvalue weighted by Gasteiger charge is 2.46. The number of nitrogens with one attached hydrogen (secondary N) is 1. The lowest BCUT2D eigenvalue weighted by molar-refractivity contribution is -0.146. The second-order valence-electron chi connectivity index (χ2n) is 6.47. The first kappa shape index (κ1) is 19.1. The van der Waals surface area contributed by atoms with Gasteiger partial charge in [-0.1, -0.05) is 48.5 Å². The van der Waals surface area contributed by atoms with E-state index in [9.17, 15) is 17.8 Å². The summed E-state index contributed by atoms with van der Waals surface area (Å²) < 4.78 is 37.5. The lowest BCUT2D eigenvalue weighted by Crippen LogP contribution is -2.41. The zero-order valence-corrected chi connectivity index (χ0v) is 15.9. The van der Waals surface area contributed by atoms with Gasteiger partial charge in [0.05, 0.1) is 12.9 Å². The molecule has 1 aromatic heterocycles. The van der Waals surface area contributed by atoms with E-state index >= 15 is 0 Å². The molecule has 0 bridgehead atoms. The van der Waals surface area contributed by atoms with Crippen LogP contribution in [0.4, 0.5) is 0 Å². The van der Waals surface area contributed by atoms with E-state index in [0.29, 0.717) is 11.3 Å². The van der Waals surface area contributed by atoms with Gasteiger partial charge in [0.2, 0.25) is 0 Å². The second-order valence-corrected chi connectivity index (χ2v) is 8.04. The molecule has 0 aliphatic rings. The normalized spacial score (nSPS) is 14.0. The molecule has 142 valence electrons. The van der Waals surface area contributed by atoms with Gasteiger partial charge in [-0.15, -0.1) is 0 Å². The second kappa shape index (κ2) is 7.17. The van der Waals surface area contributed by atoms with Gasteiger partial charge < -0.3 is 9.72 Å². The molecule has 27 heavy (non-hydrogen) atoms. The Morgan fingerprint density at radius 1 is 1.11 bits per heavy atom. The van der Waals surface area contributed by atoms with Crippen molar-refractivity contribution in [2.24, 2.45) is 0 Å². The standard InChI is InChI=1S/C20H21NO5S/c1-14-16-10-6-7-11-17(16)21-18(14)20(19(22)26-2,12-13-27(23,24)25)15-8-4-3-5-9-15/h3-11,21H,12-13H2,1-2H3,(H,23,24,25). The van der Waals surface area contributed by atoms with Crippen molar-refractivity contribution in [2.75, 3.05) is 12.9 Å². The SMILES string of the molecule is COC(=O)C(CCS(=O)(=O)O)(c1ccccc1)c1[nH]c2ccccc2c1C. The van der Waals surface area contributed by atoms with Crippen molar-refractivity contribution in [3.63, 3.8) is 0 Å². The molecule has 0 radical (unpaired) electrons. The average Bonchev–Trinajstić information content (AvgIpc) is 2.99. The Labute approximate surface area is 157 Å². The number of benzene rings is 2. The van der Waals surface area contributed by atoms with Crippen LogP contribution in [0.2, 0.25) is 0 Å². The van der Waals surface area contributed by atoms with Crippen LogP contribution in [0.1, 0.15) is 23.2 Å². The van der Waals surface area contributed by atoms with E-state index in [0.717, 1.165) is 16.5 Å². The first-order chi connectivity index (χ1) is 12.8. The van der Waals surface area contributed by atoms with E-state index in [1.807, 2.05) is 37.3 Å². The topological polar surface area (TPSA) is 96.5 Å².